The van der Waals surface area contributed by atoms with Crippen LogP contribution in [-0.2, 0) is 0 Å². The van der Waals surface area contributed by atoms with Gasteiger partial charge in [0.05, 0.1) is 0 Å². The molecule has 0 heterocycles. The third-order valence-corrected chi connectivity index (χ3v) is 2.90. The maximum atomic E-state index is 8.94. The minimum atomic E-state index is 0.222. The van der Waals surface area contributed by atoms with Crippen molar-refractivity contribution in [2.45, 2.75) is 12.5 Å². The van der Waals surface area contributed by atoms with E-state index in [-0.39, 0.29) is 12.6 Å². The van der Waals surface area contributed by atoms with Gasteiger partial charge in [-0.05, 0) is 18.3 Å². The highest BCUT2D eigenvalue weighted by Crippen LogP contribution is 2.42. The lowest BCUT2D eigenvalue weighted by Crippen LogP contribution is -2.35. The van der Waals surface area contributed by atoms with Crippen LogP contribution in [0.5, 0.6) is 0 Å². The van der Waals surface area contributed by atoms with Gasteiger partial charge in [-0.1, -0.05) is 12.2 Å². The molecule has 0 aromatic heterocycles. The van der Waals surface area contributed by atoms with Gasteiger partial charge in [0, 0.05) is 18.6 Å². The van der Waals surface area contributed by atoms with Crippen molar-refractivity contribution in [3.05, 3.63) is 12.2 Å². The van der Waals surface area contributed by atoms with Crippen molar-refractivity contribution in [2.24, 2.45) is 23.5 Å². The summed E-state index contributed by atoms with van der Waals surface area (Å²) < 4.78 is 0. The Bertz CT molecular complexity index is 167. The van der Waals surface area contributed by atoms with Crippen LogP contribution >= 0.6 is 0 Å². The van der Waals surface area contributed by atoms with Crippen molar-refractivity contribution >= 4 is 0 Å². The Kier molecular flexibility index (Phi) is 1.32. The van der Waals surface area contributed by atoms with Crippen molar-refractivity contribution < 1.29 is 5.11 Å². The van der Waals surface area contributed by atoms with E-state index in [0.29, 0.717) is 17.8 Å². The second kappa shape index (κ2) is 2.07. The highest BCUT2D eigenvalue weighted by Gasteiger charge is 2.41. The quantitative estimate of drug-likeness (QED) is 0.507. The Morgan fingerprint density at radius 2 is 2.10 bits per heavy atom. The van der Waals surface area contributed by atoms with Crippen LogP contribution in [0.3, 0.4) is 0 Å². The van der Waals surface area contributed by atoms with E-state index in [1.807, 2.05) is 0 Å². The van der Waals surface area contributed by atoms with Crippen LogP contribution in [0.1, 0.15) is 6.42 Å². The number of hydrogen-bond donors (Lipinski definition) is 2. The third-order valence-electron chi connectivity index (χ3n) is 2.90. The lowest BCUT2D eigenvalue weighted by Gasteiger charge is -2.21. The standard InChI is InChI=1S/C8H13NO/c9-8-6-2-1-5(3-6)7(8)4-10/h1-2,5-8,10H,3-4,9H2/t5-,6-,7+,8+/m0/s1. The number of aliphatic hydroxyl groups excluding tert-OH is 1. The van der Waals surface area contributed by atoms with Gasteiger partial charge >= 0.3 is 0 Å². The molecule has 2 aliphatic rings. The maximum absolute atomic E-state index is 8.94. The first-order valence-electron chi connectivity index (χ1n) is 3.87. The number of nitrogens with two attached hydrogens (primary N) is 1. The zero-order chi connectivity index (χ0) is 7.14. The van der Waals surface area contributed by atoms with Crippen LogP contribution in [0.2, 0.25) is 0 Å². The van der Waals surface area contributed by atoms with E-state index in [9.17, 15) is 0 Å². The van der Waals surface area contributed by atoms with Crippen LogP contribution in [0.15, 0.2) is 12.2 Å². The zero-order valence-corrected chi connectivity index (χ0v) is 5.90. The maximum Gasteiger partial charge on any atom is 0.0479 e. The topological polar surface area (TPSA) is 46.2 Å². The molecule has 2 aliphatic carbocycles. The van der Waals surface area contributed by atoms with Gasteiger partial charge < -0.3 is 10.8 Å². The number of rotatable bonds is 1. The van der Waals surface area contributed by atoms with Gasteiger partial charge in [-0.15, -0.1) is 0 Å². The molecule has 3 N–H and O–H groups in total. The molecule has 1 fully saturated rings. The molecule has 10 heavy (non-hydrogen) atoms. The summed E-state index contributed by atoms with van der Waals surface area (Å²) in [5.74, 6) is 1.47. The van der Waals surface area contributed by atoms with Gasteiger partial charge in [-0.25, -0.2) is 0 Å². The number of fused-ring (bicyclic) bond motifs is 2. The molecule has 1 saturated carbocycles. The van der Waals surface area contributed by atoms with Crippen molar-refractivity contribution in [2.75, 3.05) is 6.61 Å². The molecular weight excluding hydrogens is 126 g/mol. The SMILES string of the molecule is N[C@H]1[C@H](CO)[C@H]2C=C[C@H]1C2. The van der Waals surface area contributed by atoms with Gasteiger partial charge in [0.15, 0.2) is 0 Å². The lowest BCUT2D eigenvalue weighted by atomic mass is 9.90. The fourth-order valence-electron chi connectivity index (χ4n) is 2.22. The minimum Gasteiger partial charge on any atom is -0.396 e. The van der Waals surface area contributed by atoms with Gasteiger partial charge in [0.25, 0.3) is 0 Å². The molecular formula is C8H13NO. The molecule has 0 radical (unpaired) electrons. The normalized spacial score (nSPS) is 50.6. The van der Waals surface area contributed by atoms with Crippen molar-refractivity contribution in [1.29, 1.82) is 0 Å². The Labute approximate surface area is 60.7 Å². The molecule has 2 bridgehead atoms. The summed E-state index contributed by atoms with van der Waals surface area (Å²) in [6.45, 7) is 0.257. The average Bonchev–Trinajstić information content (AvgIpc) is 2.46. The molecule has 0 aliphatic heterocycles. The molecule has 56 valence electrons. The molecule has 2 rings (SSSR count). The highest BCUT2D eigenvalue weighted by molar-refractivity contribution is 5.15. The van der Waals surface area contributed by atoms with Crippen molar-refractivity contribution in [1.82, 2.24) is 0 Å². The molecule has 2 nitrogen and oxygen atoms in total. The third kappa shape index (κ3) is 0.662. The van der Waals surface area contributed by atoms with E-state index in [0.717, 1.165) is 0 Å². The van der Waals surface area contributed by atoms with Gasteiger partial charge in [-0.3, -0.25) is 0 Å². The van der Waals surface area contributed by atoms with Gasteiger partial charge in [0.1, 0.15) is 0 Å². The predicted molar refractivity (Wildman–Crippen MR) is 39.3 cm³/mol. The van der Waals surface area contributed by atoms with E-state index < -0.39 is 0 Å². The second-order valence-corrected chi connectivity index (χ2v) is 3.37. The van der Waals surface area contributed by atoms with Crippen molar-refractivity contribution in [3.8, 4) is 0 Å². The van der Waals surface area contributed by atoms with E-state index in [1.165, 1.54) is 6.42 Å². The van der Waals surface area contributed by atoms with Crippen LogP contribution < -0.4 is 5.73 Å². The monoisotopic (exact) mass is 139 g/mol. The molecule has 0 amide bonds. The summed E-state index contributed by atoms with van der Waals surface area (Å²) in [6, 6.07) is 0.222. The molecule has 0 unspecified atom stereocenters. The van der Waals surface area contributed by atoms with Crippen LogP contribution in [-0.4, -0.2) is 17.8 Å². The van der Waals surface area contributed by atoms with Gasteiger partial charge in [-0.2, -0.15) is 0 Å². The number of aliphatic hydroxyl groups is 1. The van der Waals surface area contributed by atoms with Crippen LogP contribution in [0.4, 0.5) is 0 Å². The van der Waals surface area contributed by atoms with Crippen molar-refractivity contribution in [3.63, 3.8) is 0 Å². The van der Waals surface area contributed by atoms with E-state index in [1.54, 1.807) is 0 Å². The largest absolute Gasteiger partial charge is 0.396 e. The summed E-state index contributed by atoms with van der Waals surface area (Å²) in [7, 11) is 0. The fraction of sp³-hybridized carbons (Fsp3) is 0.750. The molecule has 0 aromatic carbocycles. The highest BCUT2D eigenvalue weighted by atomic mass is 16.3. The van der Waals surface area contributed by atoms with E-state index in [4.69, 9.17) is 10.8 Å². The number of allylic oxidation sites excluding steroid dienone is 1. The Hall–Kier alpha value is -0.340. The summed E-state index contributed by atoms with van der Waals surface area (Å²) in [5, 5.41) is 8.94. The fourth-order valence-corrected chi connectivity index (χ4v) is 2.22. The second-order valence-electron chi connectivity index (χ2n) is 3.37. The molecule has 0 aromatic rings. The number of hydrogen-bond acceptors (Lipinski definition) is 2. The Morgan fingerprint density at radius 1 is 1.40 bits per heavy atom. The lowest BCUT2D eigenvalue weighted by molar-refractivity contribution is 0.193. The summed E-state index contributed by atoms with van der Waals surface area (Å²) in [6.07, 6.45) is 5.57. The molecule has 4 atom stereocenters. The smallest absolute Gasteiger partial charge is 0.0479 e. The summed E-state index contributed by atoms with van der Waals surface area (Å²) in [5.41, 5.74) is 5.86. The van der Waals surface area contributed by atoms with Gasteiger partial charge in [0.2, 0.25) is 0 Å². The van der Waals surface area contributed by atoms with E-state index in [2.05, 4.69) is 12.2 Å². The first-order valence-corrected chi connectivity index (χ1v) is 3.87. The minimum absolute atomic E-state index is 0.222. The predicted octanol–water partition coefficient (Wildman–Crippen LogP) is 0.128. The first-order chi connectivity index (χ1) is 4.83. The Balaban J connectivity index is 2.18. The summed E-state index contributed by atoms with van der Waals surface area (Å²) in [4.78, 5) is 0. The molecule has 0 saturated heterocycles. The average molecular weight is 139 g/mol. The zero-order valence-electron chi connectivity index (χ0n) is 5.90. The first kappa shape index (κ1) is 6.38. The molecule has 0 spiro atoms. The van der Waals surface area contributed by atoms with Crippen LogP contribution in [0.25, 0.3) is 0 Å². The Morgan fingerprint density at radius 3 is 2.50 bits per heavy atom. The van der Waals surface area contributed by atoms with Crippen LogP contribution in [0, 0.1) is 17.8 Å². The van der Waals surface area contributed by atoms with E-state index >= 15 is 0 Å². The molecule has 2 heteroatoms. The summed E-state index contributed by atoms with van der Waals surface area (Å²) >= 11 is 0.